The number of halogens is 1. The van der Waals surface area contributed by atoms with E-state index in [4.69, 9.17) is 21.1 Å². The number of hydrogen-bond donors (Lipinski definition) is 2. The highest BCUT2D eigenvalue weighted by molar-refractivity contribution is 7.89. The minimum Gasteiger partial charge on any atom is -0.490 e. The Morgan fingerprint density at radius 2 is 2.24 bits per heavy atom. The minimum atomic E-state index is -3.67. The van der Waals surface area contributed by atoms with Gasteiger partial charge >= 0.3 is 0 Å². The maximum atomic E-state index is 12.5. The van der Waals surface area contributed by atoms with Crippen LogP contribution in [0.25, 0.3) is 0 Å². The van der Waals surface area contributed by atoms with Crippen molar-refractivity contribution >= 4 is 21.6 Å². The van der Waals surface area contributed by atoms with Gasteiger partial charge in [-0.05, 0) is 31.2 Å². The third kappa shape index (κ3) is 4.55. The average molecular weight is 335 g/mol. The largest absolute Gasteiger partial charge is 0.490 e. The van der Waals surface area contributed by atoms with Crippen molar-refractivity contribution in [2.45, 2.75) is 17.4 Å². The molecule has 1 aromatic rings. The lowest BCUT2D eigenvalue weighted by atomic mass is 10.3. The molecule has 1 aromatic carbocycles. The summed E-state index contributed by atoms with van der Waals surface area (Å²) < 4.78 is 38.0. The van der Waals surface area contributed by atoms with Gasteiger partial charge in [-0.3, -0.25) is 0 Å². The van der Waals surface area contributed by atoms with Crippen LogP contribution in [-0.4, -0.2) is 47.9 Å². The lowest BCUT2D eigenvalue weighted by Gasteiger charge is -2.15. The van der Waals surface area contributed by atoms with Crippen molar-refractivity contribution in [3.63, 3.8) is 0 Å². The van der Waals surface area contributed by atoms with Gasteiger partial charge in [-0.2, -0.15) is 0 Å². The molecule has 1 aliphatic heterocycles. The molecule has 0 aliphatic carbocycles. The zero-order valence-corrected chi connectivity index (χ0v) is 13.3. The first-order chi connectivity index (χ1) is 10.0. The molecular formula is C13H19ClN2O4S. The lowest BCUT2D eigenvalue weighted by molar-refractivity contribution is 0.144. The predicted octanol–water partition coefficient (Wildman–Crippen LogP) is 1.01. The van der Waals surface area contributed by atoms with Gasteiger partial charge < -0.3 is 14.8 Å². The second-order valence-electron chi connectivity index (χ2n) is 4.74. The van der Waals surface area contributed by atoms with Gasteiger partial charge in [0.1, 0.15) is 17.3 Å². The van der Waals surface area contributed by atoms with Crippen LogP contribution in [0.4, 0.5) is 0 Å². The summed E-state index contributed by atoms with van der Waals surface area (Å²) in [6.07, 6.45) is 0.764. The van der Waals surface area contributed by atoms with Crippen LogP contribution in [0.5, 0.6) is 5.75 Å². The van der Waals surface area contributed by atoms with Crippen LogP contribution < -0.4 is 14.8 Å². The Balaban J connectivity index is 2.20. The Morgan fingerprint density at radius 1 is 1.43 bits per heavy atom. The molecule has 0 aromatic heterocycles. The fourth-order valence-electron chi connectivity index (χ4n) is 2.08. The van der Waals surface area contributed by atoms with Gasteiger partial charge in [0.2, 0.25) is 10.0 Å². The second kappa shape index (κ2) is 7.42. The summed E-state index contributed by atoms with van der Waals surface area (Å²) in [4.78, 5) is 0.0537. The number of ether oxygens (including phenoxy) is 2. The van der Waals surface area contributed by atoms with Crippen LogP contribution in [-0.2, 0) is 14.8 Å². The molecule has 1 saturated heterocycles. The first-order valence-corrected chi connectivity index (χ1v) is 8.53. The lowest BCUT2D eigenvalue weighted by Crippen LogP contribution is -2.36. The number of methoxy groups -OCH3 is 1. The van der Waals surface area contributed by atoms with Crippen LogP contribution in [0.2, 0.25) is 5.02 Å². The number of nitrogens with one attached hydrogen (secondary N) is 2. The van der Waals surface area contributed by atoms with Crippen LogP contribution in [0, 0.1) is 0 Å². The molecule has 0 radical (unpaired) electrons. The third-order valence-corrected chi connectivity index (χ3v) is 4.90. The molecule has 1 aliphatic rings. The molecule has 0 bridgehead atoms. The molecule has 0 amide bonds. The smallest absolute Gasteiger partial charge is 0.244 e. The summed E-state index contributed by atoms with van der Waals surface area (Å²) in [6, 6.07) is 4.44. The topological polar surface area (TPSA) is 76.7 Å². The molecule has 8 heteroatoms. The van der Waals surface area contributed by atoms with E-state index in [2.05, 4.69) is 10.0 Å². The molecule has 2 rings (SSSR count). The molecule has 118 valence electrons. The Labute approximate surface area is 129 Å². The number of sulfonamides is 1. The van der Waals surface area contributed by atoms with E-state index in [0.29, 0.717) is 18.2 Å². The standard InChI is InChI=1S/C13H19ClN2O4S/c1-19-6-7-20-12-3-2-10(14)8-13(12)21(17,18)16-11-4-5-15-9-11/h2-3,8,11,15-16H,4-7,9H2,1H3/t11-/m0/s1. The van der Waals surface area contributed by atoms with Gasteiger partial charge in [-0.25, -0.2) is 13.1 Å². The van der Waals surface area contributed by atoms with E-state index < -0.39 is 10.0 Å². The summed E-state index contributed by atoms with van der Waals surface area (Å²) in [5.74, 6) is 0.273. The van der Waals surface area contributed by atoms with E-state index >= 15 is 0 Å². The monoisotopic (exact) mass is 334 g/mol. The average Bonchev–Trinajstić information content (AvgIpc) is 2.92. The maximum absolute atomic E-state index is 12.5. The van der Waals surface area contributed by atoms with E-state index in [1.165, 1.54) is 6.07 Å². The molecule has 0 unspecified atom stereocenters. The third-order valence-electron chi connectivity index (χ3n) is 3.12. The first-order valence-electron chi connectivity index (χ1n) is 6.67. The van der Waals surface area contributed by atoms with E-state index in [9.17, 15) is 8.42 Å². The van der Waals surface area contributed by atoms with E-state index in [0.717, 1.165) is 13.0 Å². The highest BCUT2D eigenvalue weighted by Gasteiger charge is 2.25. The quantitative estimate of drug-likeness (QED) is 0.728. The van der Waals surface area contributed by atoms with Crippen molar-refractivity contribution in [2.24, 2.45) is 0 Å². The van der Waals surface area contributed by atoms with Crippen molar-refractivity contribution in [1.29, 1.82) is 0 Å². The van der Waals surface area contributed by atoms with Gasteiger partial charge in [0.05, 0.1) is 6.61 Å². The number of benzene rings is 1. The Kier molecular flexibility index (Phi) is 5.83. The van der Waals surface area contributed by atoms with E-state index in [1.807, 2.05) is 0 Å². The van der Waals surface area contributed by atoms with Crippen molar-refractivity contribution in [3.8, 4) is 5.75 Å². The molecule has 0 saturated carbocycles. The zero-order chi connectivity index (χ0) is 15.3. The van der Waals surface area contributed by atoms with Crippen molar-refractivity contribution in [1.82, 2.24) is 10.0 Å². The maximum Gasteiger partial charge on any atom is 0.244 e. The van der Waals surface area contributed by atoms with Crippen LogP contribution in [0.15, 0.2) is 23.1 Å². The molecule has 1 fully saturated rings. The Hall–Kier alpha value is -0.860. The molecular weight excluding hydrogens is 316 g/mol. The fourth-order valence-corrected chi connectivity index (χ4v) is 3.76. The van der Waals surface area contributed by atoms with Gasteiger partial charge in [0, 0.05) is 24.7 Å². The summed E-state index contributed by atoms with van der Waals surface area (Å²) >= 11 is 5.92. The zero-order valence-electron chi connectivity index (χ0n) is 11.8. The summed E-state index contributed by atoms with van der Waals surface area (Å²) in [6.45, 7) is 2.08. The number of hydrogen-bond acceptors (Lipinski definition) is 5. The fraction of sp³-hybridized carbons (Fsp3) is 0.538. The summed E-state index contributed by atoms with van der Waals surface area (Å²) in [7, 11) is -2.12. The highest BCUT2D eigenvalue weighted by Crippen LogP contribution is 2.27. The molecule has 21 heavy (non-hydrogen) atoms. The van der Waals surface area contributed by atoms with Gasteiger partial charge in [-0.1, -0.05) is 11.6 Å². The van der Waals surface area contributed by atoms with Gasteiger partial charge in [0.25, 0.3) is 0 Å². The Bertz CT molecular complexity index is 574. The molecule has 0 spiro atoms. The van der Waals surface area contributed by atoms with Crippen molar-refractivity contribution in [2.75, 3.05) is 33.4 Å². The first kappa shape index (κ1) is 16.5. The van der Waals surface area contributed by atoms with E-state index in [1.54, 1.807) is 19.2 Å². The Morgan fingerprint density at radius 3 is 2.90 bits per heavy atom. The SMILES string of the molecule is COCCOc1ccc(Cl)cc1S(=O)(=O)N[C@H]1CCNC1. The normalized spacial score (nSPS) is 18.9. The second-order valence-corrected chi connectivity index (χ2v) is 6.86. The predicted molar refractivity (Wildman–Crippen MR) is 80.4 cm³/mol. The van der Waals surface area contributed by atoms with Gasteiger partial charge in [-0.15, -0.1) is 0 Å². The molecule has 1 atom stereocenters. The van der Waals surface area contributed by atoms with Crippen LogP contribution in [0.3, 0.4) is 0 Å². The minimum absolute atomic E-state index is 0.0537. The summed E-state index contributed by atoms with van der Waals surface area (Å²) in [5, 5.41) is 3.46. The molecule has 1 heterocycles. The van der Waals surface area contributed by atoms with E-state index in [-0.39, 0.29) is 23.3 Å². The van der Waals surface area contributed by atoms with Crippen molar-refractivity contribution < 1.29 is 17.9 Å². The number of rotatable bonds is 7. The van der Waals surface area contributed by atoms with Gasteiger partial charge in [0.15, 0.2) is 0 Å². The van der Waals surface area contributed by atoms with Crippen LogP contribution in [0.1, 0.15) is 6.42 Å². The molecule has 2 N–H and O–H groups in total. The molecule has 6 nitrogen and oxygen atoms in total. The van der Waals surface area contributed by atoms with Crippen LogP contribution >= 0.6 is 11.6 Å². The summed E-state index contributed by atoms with van der Waals surface area (Å²) in [5.41, 5.74) is 0. The highest BCUT2D eigenvalue weighted by atomic mass is 35.5. The van der Waals surface area contributed by atoms with Crippen molar-refractivity contribution in [3.05, 3.63) is 23.2 Å².